The van der Waals surface area contributed by atoms with E-state index in [1.54, 1.807) is 0 Å². The average Bonchev–Trinajstić information content (AvgIpc) is 2.60. The maximum atomic E-state index is 6.26. The Labute approximate surface area is 107 Å². The van der Waals surface area contributed by atoms with Gasteiger partial charge in [-0.05, 0) is 34.7 Å². The van der Waals surface area contributed by atoms with E-state index in [2.05, 4.69) is 41.8 Å². The molecule has 3 nitrogen and oxygen atoms in total. The molecule has 0 aliphatic carbocycles. The van der Waals surface area contributed by atoms with Crippen LogP contribution in [0.25, 0.3) is 0 Å². The zero-order valence-electron chi connectivity index (χ0n) is 10.4. The van der Waals surface area contributed by atoms with Crippen molar-refractivity contribution in [2.75, 3.05) is 0 Å². The summed E-state index contributed by atoms with van der Waals surface area (Å²) in [6.07, 6.45) is 5.12. The fourth-order valence-electron chi connectivity index (χ4n) is 1.84. The largest absolute Gasteiger partial charge is 0.323 e. The topological polar surface area (TPSA) is 43.8 Å². The summed E-state index contributed by atoms with van der Waals surface area (Å²) in [4.78, 5) is 0. The van der Waals surface area contributed by atoms with Gasteiger partial charge in [0.25, 0.3) is 0 Å². The lowest BCUT2D eigenvalue weighted by atomic mass is 9.98. The Morgan fingerprint density at radius 1 is 1.50 bits per heavy atom. The molecule has 0 aromatic carbocycles. The highest BCUT2D eigenvalue weighted by molar-refractivity contribution is 9.10. The number of aromatic nitrogens is 2. The van der Waals surface area contributed by atoms with Crippen molar-refractivity contribution in [3.05, 3.63) is 16.4 Å². The Kier molecular flexibility index (Phi) is 5.49. The molecule has 0 saturated heterocycles. The Balaban J connectivity index is 2.80. The van der Waals surface area contributed by atoms with E-state index in [1.165, 1.54) is 6.42 Å². The van der Waals surface area contributed by atoms with E-state index in [0.717, 1.165) is 29.6 Å². The summed E-state index contributed by atoms with van der Waals surface area (Å²) >= 11 is 3.54. The molecular formula is C12H22BrN3. The van der Waals surface area contributed by atoms with E-state index >= 15 is 0 Å². The smallest absolute Gasteiger partial charge is 0.0693 e. The van der Waals surface area contributed by atoms with E-state index in [-0.39, 0.29) is 6.04 Å². The Bertz CT molecular complexity index is 322. The second-order valence-electron chi connectivity index (χ2n) is 4.46. The molecule has 0 radical (unpaired) electrons. The molecule has 0 aliphatic heterocycles. The molecule has 1 heterocycles. The summed E-state index contributed by atoms with van der Waals surface area (Å²) < 4.78 is 3.06. The van der Waals surface area contributed by atoms with Crippen LogP contribution in [-0.4, -0.2) is 9.78 Å². The van der Waals surface area contributed by atoms with Crippen LogP contribution in [-0.2, 0) is 6.54 Å². The number of hydrogen-bond acceptors (Lipinski definition) is 2. The fraction of sp³-hybridized carbons (Fsp3) is 0.750. The normalized spacial score (nSPS) is 15.1. The molecule has 4 heteroatoms. The summed E-state index contributed by atoms with van der Waals surface area (Å²) in [7, 11) is 0. The molecule has 0 amide bonds. The first kappa shape index (κ1) is 13.7. The summed E-state index contributed by atoms with van der Waals surface area (Å²) in [5, 5.41) is 4.35. The Hall–Kier alpha value is -0.350. The second-order valence-corrected chi connectivity index (χ2v) is 5.31. The quantitative estimate of drug-likeness (QED) is 0.870. The average molecular weight is 288 g/mol. The zero-order chi connectivity index (χ0) is 12.1. The summed E-state index contributed by atoms with van der Waals surface area (Å²) in [5.41, 5.74) is 7.40. The molecule has 1 aromatic heterocycles. The lowest BCUT2D eigenvalue weighted by Crippen LogP contribution is -2.19. The highest BCUT2D eigenvalue weighted by Gasteiger charge is 2.17. The molecule has 92 valence electrons. The van der Waals surface area contributed by atoms with Gasteiger partial charge in [-0.3, -0.25) is 4.68 Å². The number of nitrogens with zero attached hydrogens (tertiary/aromatic N) is 2. The van der Waals surface area contributed by atoms with Crippen molar-refractivity contribution in [1.29, 1.82) is 0 Å². The van der Waals surface area contributed by atoms with Crippen LogP contribution in [0.2, 0.25) is 0 Å². The molecule has 0 aliphatic rings. The molecule has 0 spiro atoms. The SMILES string of the molecule is CCCn1ncc(Br)c1C(N)CC(C)CC. The maximum Gasteiger partial charge on any atom is 0.0693 e. The summed E-state index contributed by atoms with van der Waals surface area (Å²) in [5.74, 6) is 0.659. The van der Waals surface area contributed by atoms with Crippen molar-refractivity contribution in [1.82, 2.24) is 9.78 Å². The predicted molar refractivity (Wildman–Crippen MR) is 71.2 cm³/mol. The number of aryl methyl sites for hydroxylation is 1. The molecule has 2 unspecified atom stereocenters. The number of nitrogens with two attached hydrogens (primary N) is 1. The van der Waals surface area contributed by atoms with Gasteiger partial charge < -0.3 is 5.73 Å². The van der Waals surface area contributed by atoms with Crippen molar-refractivity contribution < 1.29 is 0 Å². The fourth-order valence-corrected chi connectivity index (χ4v) is 2.43. The van der Waals surface area contributed by atoms with Crippen LogP contribution in [0.15, 0.2) is 10.7 Å². The Morgan fingerprint density at radius 2 is 2.19 bits per heavy atom. The van der Waals surface area contributed by atoms with Crippen molar-refractivity contribution in [2.24, 2.45) is 11.7 Å². The van der Waals surface area contributed by atoms with Gasteiger partial charge >= 0.3 is 0 Å². The van der Waals surface area contributed by atoms with Crippen LogP contribution in [0.4, 0.5) is 0 Å². The van der Waals surface area contributed by atoms with Gasteiger partial charge in [-0.25, -0.2) is 0 Å². The van der Waals surface area contributed by atoms with Gasteiger partial charge in [-0.15, -0.1) is 0 Å². The van der Waals surface area contributed by atoms with Crippen LogP contribution in [0.1, 0.15) is 51.8 Å². The Morgan fingerprint density at radius 3 is 2.75 bits per heavy atom. The predicted octanol–water partition coefficient (Wildman–Crippen LogP) is 3.49. The van der Waals surface area contributed by atoms with Crippen LogP contribution >= 0.6 is 15.9 Å². The van der Waals surface area contributed by atoms with Crippen molar-refractivity contribution in [2.45, 2.75) is 52.6 Å². The lowest BCUT2D eigenvalue weighted by Gasteiger charge is -2.18. The van der Waals surface area contributed by atoms with Gasteiger partial charge in [0, 0.05) is 12.6 Å². The lowest BCUT2D eigenvalue weighted by molar-refractivity contribution is 0.434. The van der Waals surface area contributed by atoms with E-state index < -0.39 is 0 Å². The van der Waals surface area contributed by atoms with Crippen molar-refractivity contribution in [3.63, 3.8) is 0 Å². The summed E-state index contributed by atoms with van der Waals surface area (Å²) in [6.45, 7) is 7.54. The highest BCUT2D eigenvalue weighted by atomic mass is 79.9. The number of rotatable bonds is 6. The first-order valence-electron chi connectivity index (χ1n) is 6.06. The van der Waals surface area contributed by atoms with E-state index in [0.29, 0.717) is 5.92 Å². The third-order valence-corrected chi connectivity index (χ3v) is 3.58. The second kappa shape index (κ2) is 6.40. The molecule has 1 rings (SSSR count). The van der Waals surface area contributed by atoms with Crippen LogP contribution in [0.3, 0.4) is 0 Å². The van der Waals surface area contributed by atoms with Crippen LogP contribution in [0, 0.1) is 5.92 Å². The van der Waals surface area contributed by atoms with Gasteiger partial charge in [0.15, 0.2) is 0 Å². The molecular weight excluding hydrogens is 266 g/mol. The minimum atomic E-state index is 0.0818. The first-order chi connectivity index (χ1) is 7.60. The van der Waals surface area contributed by atoms with Crippen LogP contribution in [0.5, 0.6) is 0 Å². The highest BCUT2D eigenvalue weighted by Crippen LogP contribution is 2.27. The molecule has 0 saturated carbocycles. The third-order valence-electron chi connectivity index (χ3n) is 2.97. The first-order valence-corrected chi connectivity index (χ1v) is 6.86. The molecule has 16 heavy (non-hydrogen) atoms. The van der Waals surface area contributed by atoms with Crippen molar-refractivity contribution in [3.8, 4) is 0 Å². The van der Waals surface area contributed by atoms with E-state index in [9.17, 15) is 0 Å². The van der Waals surface area contributed by atoms with Crippen molar-refractivity contribution >= 4 is 15.9 Å². The molecule has 1 aromatic rings. The number of hydrogen-bond donors (Lipinski definition) is 1. The third kappa shape index (κ3) is 3.32. The van der Waals surface area contributed by atoms with Gasteiger partial charge in [-0.2, -0.15) is 5.10 Å². The molecule has 2 atom stereocenters. The minimum absolute atomic E-state index is 0.0818. The van der Waals surface area contributed by atoms with Gasteiger partial charge in [0.05, 0.1) is 16.4 Å². The zero-order valence-corrected chi connectivity index (χ0v) is 12.0. The van der Waals surface area contributed by atoms with E-state index in [1.807, 2.05) is 10.9 Å². The maximum absolute atomic E-state index is 6.26. The van der Waals surface area contributed by atoms with E-state index in [4.69, 9.17) is 5.73 Å². The monoisotopic (exact) mass is 287 g/mol. The van der Waals surface area contributed by atoms with Gasteiger partial charge in [0.2, 0.25) is 0 Å². The number of halogens is 1. The van der Waals surface area contributed by atoms with Gasteiger partial charge in [0.1, 0.15) is 0 Å². The standard InChI is InChI=1S/C12H22BrN3/c1-4-6-16-12(10(13)8-15-16)11(14)7-9(3)5-2/h8-9,11H,4-7,14H2,1-3H3. The van der Waals surface area contributed by atoms with Crippen LogP contribution < -0.4 is 5.73 Å². The minimum Gasteiger partial charge on any atom is -0.323 e. The molecule has 2 N–H and O–H groups in total. The molecule has 0 fully saturated rings. The summed E-state index contributed by atoms with van der Waals surface area (Å²) in [6, 6.07) is 0.0818. The van der Waals surface area contributed by atoms with Gasteiger partial charge in [-0.1, -0.05) is 27.2 Å². The molecule has 0 bridgehead atoms.